The molecule has 22 heavy (non-hydrogen) atoms. The van der Waals surface area contributed by atoms with E-state index < -0.39 is 0 Å². The Morgan fingerprint density at radius 3 is 2.64 bits per heavy atom. The van der Waals surface area contributed by atoms with Crippen molar-refractivity contribution >= 4 is 0 Å². The normalized spacial score (nSPS) is 23.7. The van der Waals surface area contributed by atoms with E-state index in [1.807, 2.05) is 4.68 Å². The SMILES string of the molecule is Cc1nn(CCO)c(C)c1CN1CCC(CN2CCCC2)C1. The van der Waals surface area contributed by atoms with Gasteiger partial charge in [-0.2, -0.15) is 5.10 Å². The zero-order valence-electron chi connectivity index (χ0n) is 14.1. The van der Waals surface area contributed by atoms with Gasteiger partial charge in [-0.1, -0.05) is 0 Å². The molecule has 5 nitrogen and oxygen atoms in total. The molecular weight excluding hydrogens is 276 g/mol. The highest BCUT2D eigenvalue weighted by molar-refractivity contribution is 5.24. The minimum Gasteiger partial charge on any atom is -0.394 e. The van der Waals surface area contributed by atoms with Crippen LogP contribution in [0.15, 0.2) is 0 Å². The molecule has 3 heterocycles. The Morgan fingerprint density at radius 2 is 1.91 bits per heavy atom. The van der Waals surface area contributed by atoms with Crippen molar-refractivity contribution in [3.8, 4) is 0 Å². The molecule has 1 unspecified atom stereocenters. The van der Waals surface area contributed by atoms with Gasteiger partial charge in [-0.05, 0) is 58.7 Å². The van der Waals surface area contributed by atoms with E-state index >= 15 is 0 Å². The van der Waals surface area contributed by atoms with E-state index in [0.717, 1.165) is 18.2 Å². The molecule has 0 radical (unpaired) electrons. The lowest BCUT2D eigenvalue weighted by Crippen LogP contribution is -2.29. The van der Waals surface area contributed by atoms with E-state index in [-0.39, 0.29) is 6.61 Å². The van der Waals surface area contributed by atoms with Gasteiger partial charge in [0.15, 0.2) is 0 Å². The molecule has 0 amide bonds. The molecule has 1 N–H and O–H groups in total. The number of rotatable bonds is 6. The first-order valence-corrected chi connectivity index (χ1v) is 8.76. The molecular formula is C17H30N4O. The van der Waals surface area contributed by atoms with Crippen molar-refractivity contribution in [1.82, 2.24) is 19.6 Å². The highest BCUT2D eigenvalue weighted by Crippen LogP contribution is 2.23. The molecule has 2 saturated heterocycles. The second-order valence-electron chi connectivity index (χ2n) is 6.99. The summed E-state index contributed by atoms with van der Waals surface area (Å²) >= 11 is 0. The van der Waals surface area contributed by atoms with Gasteiger partial charge in [0.1, 0.15) is 0 Å². The van der Waals surface area contributed by atoms with Crippen LogP contribution in [0.25, 0.3) is 0 Å². The molecule has 2 aliphatic heterocycles. The van der Waals surface area contributed by atoms with Crippen LogP contribution in [-0.2, 0) is 13.1 Å². The van der Waals surface area contributed by atoms with E-state index in [2.05, 4.69) is 28.7 Å². The third-order valence-corrected chi connectivity index (χ3v) is 5.31. The quantitative estimate of drug-likeness (QED) is 0.863. The van der Waals surface area contributed by atoms with Crippen molar-refractivity contribution in [3.05, 3.63) is 17.0 Å². The minimum atomic E-state index is 0.156. The van der Waals surface area contributed by atoms with E-state index in [1.165, 1.54) is 63.2 Å². The largest absolute Gasteiger partial charge is 0.394 e. The Bertz CT molecular complexity index is 493. The molecule has 2 fully saturated rings. The number of aliphatic hydroxyl groups is 1. The first-order valence-electron chi connectivity index (χ1n) is 8.76. The van der Waals surface area contributed by atoms with Crippen LogP contribution in [0.1, 0.15) is 36.2 Å². The summed E-state index contributed by atoms with van der Waals surface area (Å²) < 4.78 is 1.95. The fraction of sp³-hybridized carbons (Fsp3) is 0.824. The standard InChI is InChI=1S/C17H30N4O/c1-14-17(15(2)21(18-14)9-10-22)13-20-8-5-16(12-20)11-19-6-3-4-7-19/h16,22H,3-13H2,1-2H3. The fourth-order valence-corrected chi connectivity index (χ4v) is 4.03. The zero-order valence-corrected chi connectivity index (χ0v) is 14.1. The summed E-state index contributed by atoms with van der Waals surface area (Å²) in [6, 6.07) is 0. The van der Waals surface area contributed by atoms with E-state index in [9.17, 15) is 0 Å². The smallest absolute Gasteiger partial charge is 0.0644 e. The maximum Gasteiger partial charge on any atom is 0.0644 e. The van der Waals surface area contributed by atoms with Crippen LogP contribution in [-0.4, -0.2) is 64.0 Å². The first-order chi connectivity index (χ1) is 10.7. The topological polar surface area (TPSA) is 44.5 Å². The molecule has 3 rings (SSSR count). The number of nitrogens with zero attached hydrogens (tertiary/aromatic N) is 4. The average molecular weight is 306 g/mol. The molecule has 1 aromatic heterocycles. The summed E-state index contributed by atoms with van der Waals surface area (Å²) in [7, 11) is 0. The molecule has 5 heteroatoms. The summed E-state index contributed by atoms with van der Waals surface area (Å²) in [6.45, 7) is 12.3. The molecule has 124 valence electrons. The predicted molar refractivity (Wildman–Crippen MR) is 87.8 cm³/mol. The number of hydrogen-bond donors (Lipinski definition) is 1. The van der Waals surface area contributed by atoms with Crippen molar-refractivity contribution in [1.29, 1.82) is 0 Å². The zero-order chi connectivity index (χ0) is 15.5. The average Bonchev–Trinajstić information content (AvgIpc) is 3.20. The van der Waals surface area contributed by atoms with Gasteiger partial charge >= 0.3 is 0 Å². The highest BCUT2D eigenvalue weighted by Gasteiger charge is 2.26. The van der Waals surface area contributed by atoms with Gasteiger partial charge in [0.05, 0.1) is 18.8 Å². The highest BCUT2D eigenvalue weighted by atomic mass is 16.3. The van der Waals surface area contributed by atoms with Gasteiger partial charge < -0.3 is 10.0 Å². The van der Waals surface area contributed by atoms with E-state index in [4.69, 9.17) is 5.11 Å². The summed E-state index contributed by atoms with van der Waals surface area (Å²) in [4.78, 5) is 5.23. The number of aryl methyl sites for hydroxylation is 1. The lowest BCUT2D eigenvalue weighted by molar-refractivity contribution is 0.260. The molecule has 1 aromatic rings. The van der Waals surface area contributed by atoms with Gasteiger partial charge in [0, 0.05) is 30.9 Å². The second-order valence-corrected chi connectivity index (χ2v) is 6.99. The van der Waals surface area contributed by atoms with E-state index in [1.54, 1.807) is 0 Å². The van der Waals surface area contributed by atoms with Crippen LogP contribution >= 0.6 is 0 Å². The third kappa shape index (κ3) is 3.53. The van der Waals surface area contributed by atoms with Gasteiger partial charge in [-0.15, -0.1) is 0 Å². The molecule has 0 aromatic carbocycles. The van der Waals surface area contributed by atoms with Gasteiger partial charge in [-0.25, -0.2) is 0 Å². The Labute approximate surface area is 133 Å². The molecule has 0 saturated carbocycles. The van der Waals surface area contributed by atoms with Crippen LogP contribution < -0.4 is 0 Å². The molecule has 2 aliphatic rings. The Kier molecular flexibility index (Phi) is 5.16. The summed E-state index contributed by atoms with van der Waals surface area (Å²) in [5.41, 5.74) is 3.69. The van der Waals surface area contributed by atoms with Gasteiger partial charge in [0.2, 0.25) is 0 Å². The van der Waals surface area contributed by atoms with Crippen molar-refractivity contribution in [2.75, 3.05) is 39.3 Å². The van der Waals surface area contributed by atoms with Crippen LogP contribution in [0.4, 0.5) is 0 Å². The summed E-state index contributed by atoms with van der Waals surface area (Å²) in [5, 5.41) is 13.7. The minimum absolute atomic E-state index is 0.156. The molecule has 0 bridgehead atoms. The van der Waals surface area contributed by atoms with Crippen molar-refractivity contribution in [2.24, 2.45) is 5.92 Å². The van der Waals surface area contributed by atoms with Crippen LogP contribution in [0.5, 0.6) is 0 Å². The first kappa shape index (κ1) is 16.0. The fourth-order valence-electron chi connectivity index (χ4n) is 4.03. The molecule has 0 aliphatic carbocycles. The van der Waals surface area contributed by atoms with Crippen LogP contribution in [0, 0.1) is 19.8 Å². The second kappa shape index (κ2) is 7.11. The van der Waals surface area contributed by atoms with Crippen LogP contribution in [0.2, 0.25) is 0 Å². The van der Waals surface area contributed by atoms with Gasteiger partial charge in [0.25, 0.3) is 0 Å². The molecule has 0 spiro atoms. The maximum absolute atomic E-state index is 9.12. The monoisotopic (exact) mass is 306 g/mol. The number of hydrogen-bond acceptors (Lipinski definition) is 4. The van der Waals surface area contributed by atoms with Crippen molar-refractivity contribution in [3.63, 3.8) is 0 Å². The summed E-state index contributed by atoms with van der Waals surface area (Å²) in [5.74, 6) is 0.839. The van der Waals surface area contributed by atoms with E-state index in [0.29, 0.717) is 6.54 Å². The predicted octanol–water partition coefficient (Wildman–Crippen LogP) is 1.41. The van der Waals surface area contributed by atoms with Crippen molar-refractivity contribution < 1.29 is 5.11 Å². The number of aromatic nitrogens is 2. The molecule has 1 atom stereocenters. The number of aliphatic hydroxyl groups excluding tert-OH is 1. The number of likely N-dealkylation sites (tertiary alicyclic amines) is 2. The third-order valence-electron chi connectivity index (χ3n) is 5.31. The van der Waals surface area contributed by atoms with Gasteiger partial charge in [-0.3, -0.25) is 9.58 Å². The summed E-state index contributed by atoms with van der Waals surface area (Å²) in [6.07, 6.45) is 4.11. The Hall–Kier alpha value is -0.910. The lowest BCUT2D eigenvalue weighted by atomic mass is 10.1. The Morgan fingerprint density at radius 1 is 1.14 bits per heavy atom. The van der Waals surface area contributed by atoms with Crippen molar-refractivity contribution in [2.45, 2.75) is 46.2 Å². The Balaban J connectivity index is 1.55. The van der Waals surface area contributed by atoms with Crippen LogP contribution in [0.3, 0.4) is 0 Å². The lowest BCUT2D eigenvalue weighted by Gasteiger charge is -2.20. The maximum atomic E-state index is 9.12.